The number of nitrogens with zero attached hydrogens (tertiary/aromatic N) is 1. The lowest BCUT2D eigenvalue weighted by molar-refractivity contribution is -0.137. The summed E-state index contributed by atoms with van der Waals surface area (Å²) in [7, 11) is 0. The molecule has 0 radical (unpaired) electrons. The largest absolute Gasteiger partial charge is 0.463 e. The highest BCUT2D eigenvalue weighted by atomic mass is 16.6. The summed E-state index contributed by atoms with van der Waals surface area (Å²) in [6.07, 6.45) is 2.94. The van der Waals surface area contributed by atoms with E-state index >= 15 is 0 Å². The second kappa shape index (κ2) is 9.73. The number of ether oxygens (including phenoxy) is 3. The van der Waals surface area contributed by atoms with Gasteiger partial charge in [-0.25, -0.2) is 9.59 Å². The van der Waals surface area contributed by atoms with Crippen LogP contribution in [-0.2, 0) is 25.6 Å². The summed E-state index contributed by atoms with van der Waals surface area (Å²) in [5.41, 5.74) is 0.0738. The van der Waals surface area contributed by atoms with Crippen LogP contribution in [0.4, 0.5) is 4.79 Å². The van der Waals surface area contributed by atoms with Gasteiger partial charge >= 0.3 is 12.1 Å². The molecule has 0 bridgehead atoms. The number of amides is 1. The predicted octanol–water partition coefficient (Wildman–Crippen LogP) is 4.29. The van der Waals surface area contributed by atoms with E-state index in [0.717, 1.165) is 12.0 Å². The van der Waals surface area contributed by atoms with Crippen LogP contribution in [0.15, 0.2) is 42.5 Å². The van der Waals surface area contributed by atoms with Crippen LogP contribution in [-0.4, -0.2) is 41.4 Å². The standard InChI is InChI=1S/C22H31NO5/c1-6-26-20(24)13-12-19-18(14-16(2)3)23(22(4,5)28-19)21(25)27-15-17-10-8-7-9-11-17/h7-13,16,18-19H,6,14-15H2,1-5H3/t18-,19-/m0/s1. The molecule has 2 atom stereocenters. The minimum Gasteiger partial charge on any atom is -0.463 e. The molecule has 154 valence electrons. The summed E-state index contributed by atoms with van der Waals surface area (Å²) in [5.74, 6) is -0.0808. The van der Waals surface area contributed by atoms with Crippen molar-refractivity contribution in [3.05, 3.63) is 48.0 Å². The maximum absolute atomic E-state index is 12.9. The van der Waals surface area contributed by atoms with Crippen LogP contribution in [0.3, 0.4) is 0 Å². The summed E-state index contributed by atoms with van der Waals surface area (Å²) in [4.78, 5) is 26.3. The maximum Gasteiger partial charge on any atom is 0.412 e. The predicted molar refractivity (Wildman–Crippen MR) is 106 cm³/mol. The highest BCUT2D eigenvalue weighted by molar-refractivity contribution is 5.82. The van der Waals surface area contributed by atoms with Gasteiger partial charge in [0.25, 0.3) is 0 Å². The van der Waals surface area contributed by atoms with E-state index in [0.29, 0.717) is 12.5 Å². The molecule has 1 saturated heterocycles. The molecular formula is C22H31NO5. The monoisotopic (exact) mass is 389 g/mol. The minimum absolute atomic E-state index is 0.198. The number of carbonyl (C=O) groups is 2. The Balaban J connectivity index is 2.16. The fourth-order valence-electron chi connectivity index (χ4n) is 3.41. The van der Waals surface area contributed by atoms with Crippen LogP contribution >= 0.6 is 0 Å². The second-order valence-corrected chi connectivity index (χ2v) is 7.75. The number of esters is 1. The van der Waals surface area contributed by atoms with E-state index in [-0.39, 0.29) is 12.6 Å². The van der Waals surface area contributed by atoms with E-state index in [1.54, 1.807) is 17.9 Å². The SMILES string of the molecule is CCOC(=O)C=C[C@@H]1OC(C)(C)N(C(=O)OCc2ccccc2)[C@H]1CC(C)C. The third kappa shape index (κ3) is 5.83. The lowest BCUT2D eigenvalue weighted by Gasteiger charge is -2.33. The first-order chi connectivity index (χ1) is 13.2. The highest BCUT2D eigenvalue weighted by Gasteiger charge is 2.49. The molecule has 2 rings (SSSR count). The highest BCUT2D eigenvalue weighted by Crippen LogP contribution is 2.36. The lowest BCUT2D eigenvalue weighted by Crippen LogP contribution is -2.48. The van der Waals surface area contributed by atoms with Gasteiger partial charge in [-0.05, 0) is 44.7 Å². The Morgan fingerprint density at radius 1 is 1.21 bits per heavy atom. The van der Waals surface area contributed by atoms with Gasteiger partial charge < -0.3 is 14.2 Å². The van der Waals surface area contributed by atoms with Gasteiger partial charge in [-0.3, -0.25) is 4.90 Å². The average molecular weight is 389 g/mol. The molecule has 1 aromatic carbocycles. The van der Waals surface area contributed by atoms with Crippen molar-refractivity contribution >= 4 is 12.1 Å². The summed E-state index contributed by atoms with van der Waals surface area (Å²) in [5, 5.41) is 0. The van der Waals surface area contributed by atoms with Crippen molar-refractivity contribution in [3.8, 4) is 0 Å². The van der Waals surface area contributed by atoms with E-state index in [4.69, 9.17) is 14.2 Å². The zero-order valence-electron chi connectivity index (χ0n) is 17.4. The summed E-state index contributed by atoms with van der Waals surface area (Å²) in [6, 6.07) is 9.32. The summed E-state index contributed by atoms with van der Waals surface area (Å²) < 4.78 is 16.6. The number of benzene rings is 1. The van der Waals surface area contributed by atoms with Crippen molar-refractivity contribution in [2.24, 2.45) is 5.92 Å². The van der Waals surface area contributed by atoms with Gasteiger partial charge in [-0.1, -0.05) is 44.2 Å². The van der Waals surface area contributed by atoms with Gasteiger partial charge in [-0.15, -0.1) is 0 Å². The summed E-state index contributed by atoms with van der Waals surface area (Å²) >= 11 is 0. The molecule has 6 heteroatoms. The summed E-state index contributed by atoms with van der Waals surface area (Å²) in [6.45, 7) is 10.1. The van der Waals surface area contributed by atoms with Crippen molar-refractivity contribution in [2.45, 2.75) is 65.5 Å². The molecule has 1 aliphatic heterocycles. The minimum atomic E-state index is -0.850. The van der Waals surface area contributed by atoms with Gasteiger partial charge in [-0.2, -0.15) is 0 Å². The third-order valence-corrected chi connectivity index (χ3v) is 4.54. The molecule has 1 heterocycles. The molecule has 0 saturated carbocycles. The first-order valence-electron chi connectivity index (χ1n) is 9.77. The number of carbonyl (C=O) groups excluding carboxylic acids is 2. The van der Waals surface area contributed by atoms with Crippen LogP contribution < -0.4 is 0 Å². The Labute approximate surface area is 167 Å². The fourth-order valence-corrected chi connectivity index (χ4v) is 3.41. The van der Waals surface area contributed by atoms with E-state index in [1.165, 1.54) is 6.08 Å². The smallest absolute Gasteiger partial charge is 0.412 e. The van der Waals surface area contributed by atoms with Crippen LogP contribution in [0, 0.1) is 5.92 Å². The number of hydrogen-bond acceptors (Lipinski definition) is 5. The molecule has 0 spiro atoms. The van der Waals surface area contributed by atoms with E-state index in [9.17, 15) is 9.59 Å². The van der Waals surface area contributed by atoms with Crippen molar-refractivity contribution in [3.63, 3.8) is 0 Å². The molecule has 1 aliphatic rings. The molecule has 1 aromatic rings. The molecule has 0 N–H and O–H groups in total. The quantitative estimate of drug-likeness (QED) is 0.514. The lowest BCUT2D eigenvalue weighted by atomic mass is 9.98. The zero-order valence-corrected chi connectivity index (χ0v) is 17.4. The van der Waals surface area contributed by atoms with Crippen molar-refractivity contribution in [1.82, 2.24) is 4.90 Å². The molecule has 28 heavy (non-hydrogen) atoms. The Morgan fingerprint density at radius 2 is 1.89 bits per heavy atom. The Hall–Kier alpha value is -2.34. The van der Waals surface area contributed by atoms with Gasteiger partial charge in [0.2, 0.25) is 0 Å². The van der Waals surface area contributed by atoms with E-state index in [1.807, 2.05) is 44.2 Å². The van der Waals surface area contributed by atoms with Crippen LogP contribution in [0.25, 0.3) is 0 Å². The van der Waals surface area contributed by atoms with Gasteiger partial charge in [0.05, 0.1) is 18.8 Å². The Bertz CT molecular complexity index is 683. The normalized spacial score (nSPS) is 21.3. The zero-order chi connectivity index (χ0) is 20.7. The van der Waals surface area contributed by atoms with Crippen LogP contribution in [0.1, 0.15) is 46.6 Å². The van der Waals surface area contributed by atoms with Crippen molar-refractivity contribution < 1.29 is 23.8 Å². The molecule has 0 unspecified atom stereocenters. The van der Waals surface area contributed by atoms with Crippen LogP contribution in [0.2, 0.25) is 0 Å². The van der Waals surface area contributed by atoms with Crippen LogP contribution in [0.5, 0.6) is 0 Å². The Morgan fingerprint density at radius 3 is 2.50 bits per heavy atom. The molecular weight excluding hydrogens is 358 g/mol. The number of hydrogen-bond donors (Lipinski definition) is 0. The van der Waals surface area contributed by atoms with Crippen molar-refractivity contribution in [1.29, 1.82) is 0 Å². The average Bonchev–Trinajstić information content (AvgIpc) is 2.88. The van der Waals surface area contributed by atoms with Crippen molar-refractivity contribution in [2.75, 3.05) is 6.61 Å². The second-order valence-electron chi connectivity index (χ2n) is 7.75. The maximum atomic E-state index is 12.9. The first kappa shape index (κ1) is 22.0. The van der Waals surface area contributed by atoms with E-state index < -0.39 is 23.9 Å². The number of rotatable bonds is 7. The molecule has 1 amide bonds. The third-order valence-electron chi connectivity index (χ3n) is 4.54. The topological polar surface area (TPSA) is 65.1 Å². The molecule has 0 aromatic heterocycles. The molecule has 0 aliphatic carbocycles. The van der Waals surface area contributed by atoms with E-state index in [2.05, 4.69) is 13.8 Å². The molecule has 1 fully saturated rings. The van der Waals surface area contributed by atoms with Gasteiger partial charge in [0.15, 0.2) is 0 Å². The first-order valence-corrected chi connectivity index (χ1v) is 9.77. The van der Waals surface area contributed by atoms with Gasteiger partial charge in [0, 0.05) is 6.08 Å². The fraction of sp³-hybridized carbons (Fsp3) is 0.545. The van der Waals surface area contributed by atoms with Gasteiger partial charge in [0.1, 0.15) is 12.3 Å². The molecule has 6 nitrogen and oxygen atoms in total. The Kier molecular flexibility index (Phi) is 7.63.